The minimum absolute atomic E-state index is 0.169. The molecule has 6 heteroatoms. The number of carbonyl (C=O) groups excluding carboxylic acids is 1. The number of pyridine rings is 1. The number of hydrogen-bond donors (Lipinski definition) is 2. The molecule has 1 aliphatic carbocycles. The molecule has 2 N–H and O–H groups in total. The van der Waals surface area contributed by atoms with Gasteiger partial charge in [-0.15, -0.1) is 0 Å². The van der Waals surface area contributed by atoms with E-state index in [1.807, 2.05) is 24.3 Å². The lowest BCUT2D eigenvalue weighted by Gasteiger charge is -2.30. The van der Waals surface area contributed by atoms with Crippen LogP contribution in [0.1, 0.15) is 25.7 Å². The van der Waals surface area contributed by atoms with Crippen LogP contribution in [0.15, 0.2) is 30.5 Å². The molecule has 2 heterocycles. The van der Waals surface area contributed by atoms with Gasteiger partial charge in [0, 0.05) is 24.2 Å². The highest BCUT2D eigenvalue weighted by Gasteiger charge is 2.36. The summed E-state index contributed by atoms with van der Waals surface area (Å²) in [6.45, 7) is 0.724. The number of ether oxygens (including phenoxy) is 2. The fraction of sp³-hybridized carbons (Fsp3) is 0.474. The Hall–Kier alpha value is -2.34. The molecular formula is C19H23N3O3. The van der Waals surface area contributed by atoms with Gasteiger partial charge in [0.25, 0.3) is 0 Å². The van der Waals surface area contributed by atoms with E-state index in [9.17, 15) is 4.79 Å². The van der Waals surface area contributed by atoms with Crippen molar-refractivity contribution >= 4 is 22.6 Å². The number of nitrogens with zero attached hydrogens (tertiary/aromatic N) is 1. The van der Waals surface area contributed by atoms with Crippen LogP contribution < -0.4 is 15.4 Å². The van der Waals surface area contributed by atoms with E-state index in [4.69, 9.17) is 9.47 Å². The lowest BCUT2D eigenvalue weighted by molar-refractivity contribution is -0.00889. The Labute approximate surface area is 146 Å². The molecule has 1 aromatic heterocycles. The van der Waals surface area contributed by atoms with Gasteiger partial charge >= 0.3 is 6.03 Å². The van der Waals surface area contributed by atoms with E-state index in [0.29, 0.717) is 17.8 Å². The lowest BCUT2D eigenvalue weighted by atomic mass is 10.0. The molecule has 1 saturated carbocycles. The molecule has 1 aliphatic heterocycles. The van der Waals surface area contributed by atoms with Crippen LogP contribution in [0, 0.1) is 5.92 Å². The lowest BCUT2D eigenvalue weighted by Crippen LogP contribution is -2.44. The molecule has 2 fully saturated rings. The number of benzene rings is 1. The van der Waals surface area contributed by atoms with E-state index in [-0.39, 0.29) is 12.1 Å². The Bertz CT molecular complexity index is 776. The van der Waals surface area contributed by atoms with Gasteiger partial charge in [0.15, 0.2) is 0 Å². The molecule has 132 valence electrons. The first-order valence-electron chi connectivity index (χ1n) is 8.85. The fourth-order valence-electron chi connectivity index (χ4n) is 3.52. The zero-order valence-corrected chi connectivity index (χ0v) is 14.3. The number of urea groups is 1. The maximum atomic E-state index is 12.5. The van der Waals surface area contributed by atoms with E-state index in [1.54, 1.807) is 13.3 Å². The summed E-state index contributed by atoms with van der Waals surface area (Å²) in [7, 11) is 1.62. The number of nitrogens with one attached hydrogen (secondary N) is 2. The van der Waals surface area contributed by atoms with Crippen molar-refractivity contribution in [1.82, 2.24) is 10.3 Å². The molecule has 0 spiro atoms. The van der Waals surface area contributed by atoms with Crippen LogP contribution in [0.5, 0.6) is 5.75 Å². The maximum Gasteiger partial charge on any atom is 0.319 e. The van der Waals surface area contributed by atoms with Gasteiger partial charge < -0.3 is 20.1 Å². The summed E-state index contributed by atoms with van der Waals surface area (Å²) in [4.78, 5) is 16.8. The number of methoxy groups -OCH3 is 1. The molecule has 2 amide bonds. The van der Waals surface area contributed by atoms with E-state index >= 15 is 0 Å². The van der Waals surface area contributed by atoms with Crippen LogP contribution in [0.2, 0.25) is 0 Å². The molecule has 2 aromatic rings. The number of anilines is 1. The van der Waals surface area contributed by atoms with Gasteiger partial charge in [0.05, 0.1) is 18.9 Å². The fourth-order valence-corrected chi connectivity index (χ4v) is 3.52. The highest BCUT2D eigenvalue weighted by atomic mass is 16.5. The molecule has 0 radical (unpaired) electrons. The summed E-state index contributed by atoms with van der Waals surface area (Å²) in [5.74, 6) is 1.39. The topological polar surface area (TPSA) is 72.5 Å². The molecule has 2 atom stereocenters. The third kappa shape index (κ3) is 3.54. The highest BCUT2D eigenvalue weighted by Crippen LogP contribution is 2.38. The maximum absolute atomic E-state index is 12.5. The molecule has 1 aromatic carbocycles. The second kappa shape index (κ2) is 6.88. The van der Waals surface area contributed by atoms with Crippen molar-refractivity contribution in [3.63, 3.8) is 0 Å². The minimum Gasteiger partial charge on any atom is -0.494 e. The molecule has 2 aliphatic rings. The smallest absolute Gasteiger partial charge is 0.319 e. The van der Waals surface area contributed by atoms with Crippen molar-refractivity contribution in [3.05, 3.63) is 30.5 Å². The van der Waals surface area contributed by atoms with Gasteiger partial charge in [0.1, 0.15) is 11.3 Å². The van der Waals surface area contributed by atoms with Crippen LogP contribution in [-0.4, -0.2) is 36.9 Å². The number of carbonyl (C=O) groups is 1. The highest BCUT2D eigenvalue weighted by molar-refractivity contribution is 6.02. The first kappa shape index (κ1) is 16.1. The van der Waals surface area contributed by atoms with Crippen LogP contribution in [0.4, 0.5) is 10.5 Å². The SMILES string of the molecule is COc1ccc(NC(=O)N[C@H]2CCO[C@H](C3CC3)C2)c2cccnc12. The van der Waals surface area contributed by atoms with Gasteiger partial charge in [-0.25, -0.2) is 4.79 Å². The summed E-state index contributed by atoms with van der Waals surface area (Å²) < 4.78 is 11.2. The van der Waals surface area contributed by atoms with Crippen LogP contribution in [0.3, 0.4) is 0 Å². The predicted molar refractivity (Wildman–Crippen MR) is 95.9 cm³/mol. The third-order valence-corrected chi connectivity index (χ3v) is 5.00. The second-order valence-corrected chi connectivity index (χ2v) is 6.78. The average molecular weight is 341 g/mol. The summed E-state index contributed by atoms with van der Waals surface area (Å²) in [6.07, 6.45) is 6.31. The summed E-state index contributed by atoms with van der Waals surface area (Å²) >= 11 is 0. The number of rotatable bonds is 4. The molecule has 0 bridgehead atoms. The third-order valence-electron chi connectivity index (χ3n) is 5.00. The summed E-state index contributed by atoms with van der Waals surface area (Å²) in [6, 6.07) is 7.43. The molecule has 0 unspecified atom stereocenters. The largest absolute Gasteiger partial charge is 0.494 e. The van der Waals surface area contributed by atoms with E-state index in [2.05, 4.69) is 15.6 Å². The van der Waals surface area contributed by atoms with Crippen molar-refractivity contribution < 1.29 is 14.3 Å². The van der Waals surface area contributed by atoms with Crippen molar-refractivity contribution in [3.8, 4) is 5.75 Å². The normalized spacial score (nSPS) is 23.2. The van der Waals surface area contributed by atoms with Crippen molar-refractivity contribution in [2.24, 2.45) is 5.92 Å². The number of amides is 2. The standard InChI is InChI=1S/C19H23N3O3/c1-24-16-7-6-15(14-3-2-9-20-18(14)16)22-19(23)21-13-8-10-25-17(11-13)12-4-5-12/h2-3,6-7,9,12-13,17H,4-5,8,10-11H2,1H3,(H2,21,22,23)/t13-,17-/m0/s1. The van der Waals surface area contributed by atoms with Gasteiger partial charge in [0.2, 0.25) is 0 Å². The Kier molecular flexibility index (Phi) is 4.44. The molecular weight excluding hydrogens is 318 g/mol. The first-order chi connectivity index (χ1) is 12.2. The Morgan fingerprint density at radius 2 is 2.16 bits per heavy atom. The van der Waals surface area contributed by atoms with Crippen LogP contribution >= 0.6 is 0 Å². The summed E-state index contributed by atoms with van der Waals surface area (Å²) in [5.41, 5.74) is 1.47. The average Bonchev–Trinajstić information content (AvgIpc) is 3.47. The molecule has 1 saturated heterocycles. The molecule has 6 nitrogen and oxygen atoms in total. The van der Waals surface area contributed by atoms with Gasteiger partial charge in [-0.05, 0) is 55.9 Å². The van der Waals surface area contributed by atoms with Gasteiger partial charge in [-0.2, -0.15) is 0 Å². The summed E-state index contributed by atoms with van der Waals surface area (Å²) in [5, 5.41) is 6.91. The van der Waals surface area contributed by atoms with Crippen LogP contribution in [0.25, 0.3) is 10.9 Å². The number of aromatic nitrogens is 1. The zero-order chi connectivity index (χ0) is 17.2. The quantitative estimate of drug-likeness (QED) is 0.895. The van der Waals surface area contributed by atoms with Crippen molar-refractivity contribution in [2.75, 3.05) is 19.0 Å². The monoisotopic (exact) mass is 341 g/mol. The van der Waals surface area contributed by atoms with E-state index < -0.39 is 0 Å². The first-order valence-corrected chi connectivity index (χ1v) is 8.85. The Balaban J connectivity index is 1.45. The van der Waals surface area contributed by atoms with Crippen molar-refractivity contribution in [1.29, 1.82) is 0 Å². The molecule has 25 heavy (non-hydrogen) atoms. The van der Waals surface area contributed by atoms with E-state index in [1.165, 1.54) is 12.8 Å². The predicted octanol–water partition coefficient (Wildman–Crippen LogP) is 3.32. The Morgan fingerprint density at radius 3 is 2.96 bits per heavy atom. The number of fused-ring (bicyclic) bond motifs is 1. The molecule has 4 rings (SSSR count). The van der Waals surface area contributed by atoms with Gasteiger partial charge in [-0.3, -0.25) is 4.98 Å². The van der Waals surface area contributed by atoms with Crippen molar-refractivity contribution in [2.45, 2.75) is 37.8 Å². The minimum atomic E-state index is -0.184. The van der Waals surface area contributed by atoms with Gasteiger partial charge in [-0.1, -0.05) is 0 Å². The van der Waals surface area contributed by atoms with Crippen LogP contribution in [-0.2, 0) is 4.74 Å². The van der Waals surface area contributed by atoms with E-state index in [0.717, 1.165) is 36.0 Å². The number of hydrogen-bond acceptors (Lipinski definition) is 4. The second-order valence-electron chi connectivity index (χ2n) is 6.78. The zero-order valence-electron chi connectivity index (χ0n) is 14.3. The Morgan fingerprint density at radius 1 is 1.28 bits per heavy atom.